The van der Waals surface area contributed by atoms with Crippen molar-refractivity contribution in [2.75, 3.05) is 5.32 Å². The molecule has 5 heteroatoms. The van der Waals surface area contributed by atoms with E-state index in [9.17, 15) is 9.59 Å². The minimum Gasteiger partial charge on any atom is -0.349 e. The summed E-state index contributed by atoms with van der Waals surface area (Å²) in [7, 11) is 0. The number of anilines is 1. The topological polar surface area (TPSA) is 70.2 Å². The van der Waals surface area contributed by atoms with Crippen LogP contribution in [0.2, 0.25) is 0 Å². The SMILES string of the molecule is CCc1ccc(C(C)NC(=O)Nc2cc(C(=O)NC3CC3)ccc2C)cc1. The maximum atomic E-state index is 12.4. The van der Waals surface area contributed by atoms with E-state index in [1.807, 2.05) is 32.0 Å². The lowest BCUT2D eigenvalue weighted by molar-refractivity contribution is 0.0951. The van der Waals surface area contributed by atoms with Gasteiger partial charge in [0.25, 0.3) is 5.91 Å². The quantitative estimate of drug-likeness (QED) is 0.713. The van der Waals surface area contributed by atoms with Gasteiger partial charge in [0, 0.05) is 17.3 Å². The lowest BCUT2D eigenvalue weighted by Crippen LogP contribution is -2.31. The minimum atomic E-state index is -0.287. The molecule has 3 rings (SSSR count). The molecule has 0 saturated heterocycles. The highest BCUT2D eigenvalue weighted by atomic mass is 16.2. The molecular weight excluding hydrogens is 338 g/mol. The zero-order valence-electron chi connectivity index (χ0n) is 16.1. The van der Waals surface area contributed by atoms with Gasteiger partial charge in [-0.25, -0.2) is 4.79 Å². The second kappa shape index (κ2) is 8.25. The van der Waals surface area contributed by atoms with Gasteiger partial charge in [-0.3, -0.25) is 4.79 Å². The Kier molecular flexibility index (Phi) is 5.79. The molecule has 0 aromatic heterocycles. The molecule has 1 saturated carbocycles. The van der Waals surface area contributed by atoms with E-state index in [4.69, 9.17) is 0 Å². The first-order valence-electron chi connectivity index (χ1n) is 9.54. The van der Waals surface area contributed by atoms with Gasteiger partial charge < -0.3 is 16.0 Å². The van der Waals surface area contributed by atoms with Gasteiger partial charge in [-0.2, -0.15) is 0 Å². The first-order chi connectivity index (χ1) is 13.0. The van der Waals surface area contributed by atoms with Gasteiger partial charge in [0.05, 0.1) is 6.04 Å². The highest BCUT2D eigenvalue weighted by molar-refractivity contribution is 5.97. The monoisotopic (exact) mass is 365 g/mol. The summed E-state index contributed by atoms with van der Waals surface area (Å²) in [5, 5.41) is 8.78. The molecule has 0 spiro atoms. The van der Waals surface area contributed by atoms with Crippen molar-refractivity contribution in [1.29, 1.82) is 0 Å². The zero-order valence-corrected chi connectivity index (χ0v) is 16.1. The van der Waals surface area contributed by atoms with Crippen LogP contribution in [0, 0.1) is 6.92 Å². The number of aryl methyl sites for hydroxylation is 2. The first kappa shape index (κ1) is 19.0. The van der Waals surface area contributed by atoms with Crippen LogP contribution in [0.4, 0.5) is 10.5 Å². The highest BCUT2D eigenvalue weighted by Gasteiger charge is 2.24. The predicted molar refractivity (Wildman–Crippen MR) is 108 cm³/mol. The fourth-order valence-electron chi connectivity index (χ4n) is 2.87. The van der Waals surface area contributed by atoms with Crippen molar-refractivity contribution < 1.29 is 9.59 Å². The molecule has 1 atom stereocenters. The molecule has 2 aromatic rings. The standard InChI is InChI=1S/C22H27N3O2/c1-4-16-6-9-17(10-7-16)15(3)23-22(27)25-20-13-18(8-5-14(20)2)21(26)24-19-11-12-19/h5-10,13,15,19H,4,11-12H2,1-3H3,(H,24,26)(H2,23,25,27). The molecule has 2 aromatic carbocycles. The Bertz CT molecular complexity index is 826. The third-order valence-corrected chi connectivity index (χ3v) is 4.90. The number of urea groups is 1. The van der Waals surface area contributed by atoms with E-state index in [0.717, 1.165) is 30.4 Å². The molecule has 3 amide bonds. The summed E-state index contributed by atoms with van der Waals surface area (Å²) < 4.78 is 0. The summed E-state index contributed by atoms with van der Waals surface area (Å²) >= 11 is 0. The summed E-state index contributed by atoms with van der Waals surface area (Å²) in [5.74, 6) is -0.0923. The number of benzene rings is 2. The van der Waals surface area contributed by atoms with Gasteiger partial charge >= 0.3 is 6.03 Å². The van der Waals surface area contributed by atoms with Gasteiger partial charge in [0.1, 0.15) is 0 Å². The Labute approximate surface area is 160 Å². The van der Waals surface area contributed by atoms with E-state index >= 15 is 0 Å². The van der Waals surface area contributed by atoms with Gasteiger partial charge in [-0.15, -0.1) is 0 Å². The molecule has 5 nitrogen and oxygen atoms in total. The lowest BCUT2D eigenvalue weighted by atomic mass is 10.1. The van der Waals surface area contributed by atoms with E-state index in [-0.39, 0.29) is 18.0 Å². The predicted octanol–water partition coefficient (Wildman–Crippen LogP) is 4.33. The van der Waals surface area contributed by atoms with Crippen LogP contribution < -0.4 is 16.0 Å². The maximum Gasteiger partial charge on any atom is 0.319 e. The number of hydrogen-bond acceptors (Lipinski definition) is 2. The molecule has 1 fully saturated rings. The number of carbonyl (C=O) groups is 2. The number of nitrogens with one attached hydrogen (secondary N) is 3. The fraction of sp³-hybridized carbons (Fsp3) is 0.364. The van der Waals surface area contributed by atoms with Crippen LogP contribution in [-0.2, 0) is 6.42 Å². The Hall–Kier alpha value is -2.82. The Morgan fingerprint density at radius 3 is 2.44 bits per heavy atom. The normalized spacial score (nSPS) is 14.3. The largest absolute Gasteiger partial charge is 0.349 e. The Balaban J connectivity index is 1.62. The molecule has 1 aliphatic carbocycles. The second-order valence-corrected chi connectivity index (χ2v) is 7.19. The van der Waals surface area contributed by atoms with Crippen molar-refractivity contribution in [3.05, 3.63) is 64.7 Å². The van der Waals surface area contributed by atoms with Crippen molar-refractivity contribution in [3.63, 3.8) is 0 Å². The summed E-state index contributed by atoms with van der Waals surface area (Å²) in [6, 6.07) is 13.5. The molecule has 142 valence electrons. The van der Waals surface area contributed by atoms with Crippen LogP contribution >= 0.6 is 0 Å². The average molecular weight is 365 g/mol. The van der Waals surface area contributed by atoms with Crippen LogP contribution in [0.15, 0.2) is 42.5 Å². The minimum absolute atomic E-state index is 0.0923. The van der Waals surface area contributed by atoms with E-state index in [1.54, 1.807) is 12.1 Å². The Morgan fingerprint density at radius 1 is 1.11 bits per heavy atom. The molecular formula is C22H27N3O2. The molecule has 0 bridgehead atoms. The lowest BCUT2D eigenvalue weighted by Gasteiger charge is -2.17. The van der Waals surface area contributed by atoms with Crippen LogP contribution in [0.25, 0.3) is 0 Å². The smallest absolute Gasteiger partial charge is 0.319 e. The number of amides is 3. The van der Waals surface area contributed by atoms with Crippen LogP contribution in [-0.4, -0.2) is 18.0 Å². The third kappa shape index (κ3) is 5.09. The van der Waals surface area contributed by atoms with Gasteiger partial charge in [0.15, 0.2) is 0 Å². The van der Waals surface area contributed by atoms with Gasteiger partial charge in [-0.05, 0) is 61.9 Å². The van der Waals surface area contributed by atoms with E-state index in [2.05, 4.69) is 35.0 Å². The van der Waals surface area contributed by atoms with E-state index in [1.165, 1.54) is 5.56 Å². The van der Waals surface area contributed by atoms with E-state index in [0.29, 0.717) is 17.3 Å². The molecule has 27 heavy (non-hydrogen) atoms. The van der Waals surface area contributed by atoms with Gasteiger partial charge in [-0.1, -0.05) is 37.3 Å². The van der Waals surface area contributed by atoms with Crippen molar-refractivity contribution in [3.8, 4) is 0 Å². The number of carbonyl (C=O) groups excluding carboxylic acids is 2. The molecule has 1 aliphatic rings. The molecule has 1 unspecified atom stereocenters. The third-order valence-electron chi connectivity index (χ3n) is 4.90. The highest BCUT2D eigenvalue weighted by Crippen LogP contribution is 2.21. The average Bonchev–Trinajstić information content (AvgIpc) is 3.47. The Morgan fingerprint density at radius 2 is 1.81 bits per heavy atom. The summed E-state index contributed by atoms with van der Waals surface area (Å²) in [4.78, 5) is 24.6. The second-order valence-electron chi connectivity index (χ2n) is 7.19. The van der Waals surface area contributed by atoms with Gasteiger partial charge in [0.2, 0.25) is 0 Å². The summed E-state index contributed by atoms with van der Waals surface area (Å²) in [6.07, 6.45) is 3.08. The van der Waals surface area contributed by atoms with Crippen LogP contribution in [0.1, 0.15) is 59.8 Å². The van der Waals surface area contributed by atoms with Crippen molar-refractivity contribution in [2.24, 2.45) is 0 Å². The summed E-state index contributed by atoms with van der Waals surface area (Å²) in [5.41, 5.74) is 4.44. The zero-order chi connectivity index (χ0) is 19.4. The van der Waals surface area contributed by atoms with Crippen molar-refractivity contribution >= 4 is 17.6 Å². The van der Waals surface area contributed by atoms with Crippen LogP contribution in [0.3, 0.4) is 0 Å². The fourth-order valence-corrected chi connectivity index (χ4v) is 2.87. The number of hydrogen-bond donors (Lipinski definition) is 3. The van der Waals surface area contributed by atoms with Crippen molar-refractivity contribution in [2.45, 2.75) is 52.1 Å². The number of rotatable bonds is 6. The van der Waals surface area contributed by atoms with Crippen molar-refractivity contribution in [1.82, 2.24) is 10.6 Å². The summed E-state index contributed by atoms with van der Waals surface area (Å²) in [6.45, 7) is 5.98. The molecule has 3 N–H and O–H groups in total. The first-order valence-corrected chi connectivity index (χ1v) is 9.54. The van der Waals surface area contributed by atoms with Crippen LogP contribution in [0.5, 0.6) is 0 Å². The molecule has 0 aliphatic heterocycles. The maximum absolute atomic E-state index is 12.4. The molecule has 0 radical (unpaired) electrons. The van der Waals surface area contributed by atoms with E-state index < -0.39 is 0 Å². The molecule has 0 heterocycles.